The number of hydrogen-bond acceptors (Lipinski definition) is 2. The number of benzene rings is 2. The highest BCUT2D eigenvalue weighted by atomic mass is 35.5. The zero-order valence-electron chi connectivity index (χ0n) is 8.87. The van der Waals surface area contributed by atoms with Gasteiger partial charge in [0.15, 0.2) is 0 Å². The Kier molecular flexibility index (Phi) is 3.11. The van der Waals surface area contributed by atoms with E-state index in [9.17, 15) is 4.79 Å². The van der Waals surface area contributed by atoms with Crippen LogP contribution in [0.5, 0.6) is 5.75 Å². The Morgan fingerprint density at radius 1 is 1.31 bits per heavy atom. The molecular weight excluding hydrogens is 224 g/mol. The van der Waals surface area contributed by atoms with Gasteiger partial charge < -0.3 is 9.53 Å². The fourth-order valence-corrected chi connectivity index (χ4v) is 2.01. The SMILES string of the molecule is COc1ccc2cc(CC=O)ccc2c1Cl. The van der Waals surface area contributed by atoms with Crippen LogP contribution in [0.15, 0.2) is 30.3 Å². The second-order valence-electron chi connectivity index (χ2n) is 3.51. The van der Waals surface area contributed by atoms with Crippen molar-refractivity contribution >= 4 is 28.7 Å². The Morgan fingerprint density at radius 2 is 2.12 bits per heavy atom. The van der Waals surface area contributed by atoms with Crippen LogP contribution < -0.4 is 4.74 Å². The maximum atomic E-state index is 10.4. The number of ether oxygens (including phenoxy) is 1. The molecule has 2 nitrogen and oxygen atoms in total. The Balaban J connectivity index is 2.60. The molecule has 0 amide bonds. The molecule has 2 aromatic carbocycles. The minimum Gasteiger partial charge on any atom is -0.495 e. The fraction of sp³-hybridized carbons (Fsp3) is 0.154. The number of aldehydes is 1. The minimum absolute atomic E-state index is 0.430. The van der Waals surface area contributed by atoms with Gasteiger partial charge in [-0.1, -0.05) is 35.9 Å². The average molecular weight is 235 g/mol. The largest absolute Gasteiger partial charge is 0.495 e. The molecule has 0 heterocycles. The van der Waals surface area contributed by atoms with Crippen molar-refractivity contribution in [2.75, 3.05) is 7.11 Å². The molecule has 0 aliphatic rings. The van der Waals surface area contributed by atoms with Crippen LogP contribution in [0.2, 0.25) is 5.02 Å². The molecule has 0 bridgehead atoms. The molecule has 0 radical (unpaired) electrons. The van der Waals surface area contributed by atoms with Crippen LogP contribution in [0.25, 0.3) is 10.8 Å². The zero-order valence-corrected chi connectivity index (χ0v) is 9.62. The number of rotatable bonds is 3. The van der Waals surface area contributed by atoms with Crippen molar-refractivity contribution < 1.29 is 9.53 Å². The number of fused-ring (bicyclic) bond motifs is 1. The molecule has 2 aromatic rings. The summed E-state index contributed by atoms with van der Waals surface area (Å²) in [6.07, 6.45) is 1.33. The lowest BCUT2D eigenvalue weighted by atomic mass is 10.1. The summed E-state index contributed by atoms with van der Waals surface area (Å²) in [6, 6.07) is 9.56. The van der Waals surface area contributed by atoms with E-state index < -0.39 is 0 Å². The topological polar surface area (TPSA) is 26.3 Å². The molecule has 3 heteroatoms. The number of halogens is 1. The first-order chi connectivity index (χ1) is 7.76. The molecule has 2 rings (SSSR count). The van der Waals surface area contributed by atoms with Crippen LogP contribution in [-0.4, -0.2) is 13.4 Å². The third-order valence-corrected chi connectivity index (χ3v) is 2.91. The third kappa shape index (κ3) is 1.89. The van der Waals surface area contributed by atoms with E-state index >= 15 is 0 Å². The summed E-state index contributed by atoms with van der Waals surface area (Å²) in [5.41, 5.74) is 0.990. The van der Waals surface area contributed by atoms with Crippen molar-refractivity contribution in [3.63, 3.8) is 0 Å². The highest BCUT2D eigenvalue weighted by Crippen LogP contribution is 2.32. The quantitative estimate of drug-likeness (QED) is 0.762. The Bertz CT molecular complexity index is 535. The normalized spacial score (nSPS) is 10.4. The molecule has 0 atom stereocenters. The first kappa shape index (κ1) is 11.0. The van der Waals surface area contributed by atoms with Gasteiger partial charge >= 0.3 is 0 Å². The summed E-state index contributed by atoms with van der Waals surface area (Å²) in [6.45, 7) is 0. The predicted octanol–water partition coefficient (Wildman–Crippen LogP) is 3.24. The molecular formula is C13H11ClO2. The van der Waals surface area contributed by atoms with E-state index in [1.807, 2.05) is 30.3 Å². The van der Waals surface area contributed by atoms with E-state index in [1.54, 1.807) is 7.11 Å². The lowest BCUT2D eigenvalue weighted by Gasteiger charge is -2.07. The van der Waals surface area contributed by atoms with Crippen LogP contribution in [0.1, 0.15) is 5.56 Å². The van der Waals surface area contributed by atoms with Crippen molar-refractivity contribution in [2.24, 2.45) is 0 Å². The standard InChI is InChI=1S/C13H11ClO2/c1-16-12-5-3-10-8-9(6-7-15)2-4-11(10)13(12)14/h2-5,7-8H,6H2,1H3. The highest BCUT2D eigenvalue weighted by Gasteiger charge is 2.05. The summed E-state index contributed by atoms with van der Waals surface area (Å²) in [5.74, 6) is 0.664. The van der Waals surface area contributed by atoms with E-state index in [0.29, 0.717) is 17.2 Å². The van der Waals surface area contributed by atoms with E-state index in [1.165, 1.54) is 0 Å². The fourth-order valence-electron chi connectivity index (χ4n) is 1.70. The number of methoxy groups -OCH3 is 1. The maximum absolute atomic E-state index is 10.4. The van der Waals surface area contributed by atoms with Crippen LogP contribution in [0.3, 0.4) is 0 Å². The van der Waals surface area contributed by atoms with Crippen molar-refractivity contribution in [1.29, 1.82) is 0 Å². The van der Waals surface area contributed by atoms with Gasteiger partial charge in [0, 0.05) is 11.8 Å². The molecule has 0 saturated carbocycles. The molecule has 0 fully saturated rings. The molecule has 0 spiro atoms. The molecule has 0 aromatic heterocycles. The lowest BCUT2D eigenvalue weighted by molar-refractivity contribution is -0.107. The van der Waals surface area contributed by atoms with E-state index in [2.05, 4.69) is 0 Å². The molecule has 16 heavy (non-hydrogen) atoms. The van der Waals surface area contributed by atoms with E-state index in [0.717, 1.165) is 22.6 Å². The van der Waals surface area contributed by atoms with E-state index in [-0.39, 0.29) is 0 Å². The number of carbonyl (C=O) groups excluding carboxylic acids is 1. The van der Waals surface area contributed by atoms with Gasteiger partial charge in [0.25, 0.3) is 0 Å². The first-order valence-electron chi connectivity index (χ1n) is 4.95. The predicted molar refractivity (Wildman–Crippen MR) is 65.3 cm³/mol. The molecule has 0 saturated heterocycles. The molecule has 0 unspecified atom stereocenters. The third-order valence-electron chi connectivity index (χ3n) is 2.52. The van der Waals surface area contributed by atoms with Crippen LogP contribution in [0, 0.1) is 0 Å². The highest BCUT2D eigenvalue weighted by molar-refractivity contribution is 6.37. The van der Waals surface area contributed by atoms with Gasteiger partial charge in [-0.15, -0.1) is 0 Å². The van der Waals surface area contributed by atoms with Crippen molar-refractivity contribution in [2.45, 2.75) is 6.42 Å². The molecule has 82 valence electrons. The van der Waals surface area contributed by atoms with Crippen LogP contribution >= 0.6 is 11.6 Å². The maximum Gasteiger partial charge on any atom is 0.138 e. The lowest BCUT2D eigenvalue weighted by Crippen LogP contribution is -1.88. The summed E-state index contributed by atoms with van der Waals surface area (Å²) in [5, 5.41) is 2.57. The molecule has 0 N–H and O–H groups in total. The van der Waals surface area contributed by atoms with Crippen molar-refractivity contribution in [3.8, 4) is 5.75 Å². The molecule has 0 aliphatic carbocycles. The van der Waals surface area contributed by atoms with Gasteiger partial charge in [0.05, 0.1) is 12.1 Å². The van der Waals surface area contributed by atoms with Gasteiger partial charge in [-0.3, -0.25) is 0 Å². The molecule has 0 aliphatic heterocycles. The van der Waals surface area contributed by atoms with Gasteiger partial charge in [-0.2, -0.15) is 0 Å². The Hall–Kier alpha value is -1.54. The summed E-state index contributed by atoms with van der Waals surface area (Å²) in [4.78, 5) is 10.4. The van der Waals surface area contributed by atoms with Gasteiger partial charge in [0.1, 0.15) is 12.0 Å². The monoisotopic (exact) mass is 234 g/mol. The Morgan fingerprint density at radius 3 is 2.81 bits per heavy atom. The van der Waals surface area contributed by atoms with Gasteiger partial charge in [-0.05, 0) is 17.0 Å². The second-order valence-corrected chi connectivity index (χ2v) is 3.89. The Labute approximate surface area is 98.8 Å². The summed E-state index contributed by atoms with van der Waals surface area (Å²) in [7, 11) is 1.59. The van der Waals surface area contributed by atoms with E-state index in [4.69, 9.17) is 16.3 Å². The van der Waals surface area contributed by atoms with Crippen molar-refractivity contribution in [3.05, 3.63) is 40.9 Å². The van der Waals surface area contributed by atoms with Gasteiger partial charge in [0.2, 0.25) is 0 Å². The average Bonchev–Trinajstić information content (AvgIpc) is 2.30. The van der Waals surface area contributed by atoms with Gasteiger partial charge in [-0.25, -0.2) is 0 Å². The number of carbonyl (C=O) groups is 1. The van der Waals surface area contributed by atoms with Crippen molar-refractivity contribution in [1.82, 2.24) is 0 Å². The smallest absolute Gasteiger partial charge is 0.138 e. The first-order valence-corrected chi connectivity index (χ1v) is 5.33. The summed E-state index contributed by atoms with van der Waals surface area (Å²) < 4.78 is 5.14. The summed E-state index contributed by atoms with van der Waals surface area (Å²) >= 11 is 6.18. The minimum atomic E-state index is 0.430. The van der Waals surface area contributed by atoms with Crippen LogP contribution in [-0.2, 0) is 11.2 Å². The van der Waals surface area contributed by atoms with Crippen LogP contribution in [0.4, 0.5) is 0 Å². The second kappa shape index (κ2) is 4.54. The zero-order chi connectivity index (χ0) is 11.5. The number of hydrogen-bond donors (Lipinski definition) is 0.